The standard InChI is InChI=1S/C27H26BrF3N8O3/c1-13-8-15(3)39(34-13)26-33-20-12-37(24(41)16-6-7-19(28)18(10-16)27(29,30)31)14(2)9-17(20)25(42)38(26)22-11-21(23(40)32-4)36(5)35-22/h6-8,10-11,14H,9,12H2,1-5H3,(H,32,40). The van der Waals surface area contributed by atoms with Crippen molar-refractivity contribution < 1.29 is 22.8 Å². The Hall–Kier alpha value is -4.27. The number of aromatic nitrogens is 6. The number of carbonyl (C=O) groups excluding carboxylic acids is 2. The van der Waals surface area contributed by atoms with Crippen LogP contribution in [0.2, 0.25) is 0 Å². The number of halogens is 4. The Balaban J connectivity index is 1.64. The van der Waals surface area contributed by atoms with Crippen molar-refractivity contribution in [2.24, 2.45) is 7.05 Å². The van der Waals surface area contributed by atoms with E-state index in [-0.39, 0.29) is 40.5 Å². The molecule has 1 aliphatic heterocycles. The highest BCUT2D eigenvalue weighted by Gasteiger charge is 2.36. The van der Waals surface area contributed by atoms with Crippen LogP contribution in [0.5, 0.6) is 0 Å². The molecule has 0 bridgehead atoms. The smallest absolute Gasteiger partial charge is 0.354 e. The lowest BCUT2D eigenvalue weighted by molar-refractivity contribution is -0.138. The van der Waals surface area contributed by atoms with Crippen LogP contribution >= 0.6 is 15.9 Å². The first-order chi connectivity index (χ1) is 19.7. The van der Waals surface area contributed by atoms with Crippen molar-refractivity contribution in [2.75, 3.05) is 7.05 Å². The van der Waals surface area contributed by atoms with Gasteiger partial charge < -0.3 is 10.2 Å². The van der Waals surface area contributed by atoms with Gasteiger partial charge in [0.25, 0.3) is 17.4 Å². The molecule has 15 heteroatoms. The maximum Gasteiger partial charge on any atom is 0.417 e. The molecule has 0 saturated carbocycles. The van der Waals surface area contributed by atoms with Crippen LogP contribution < -0.4 is 10.9 Å². The molecule has 4 aromatic rings. The Labute approximate surface area is 246 Å². The third-order valence-electron chi connectivity index (χ3n) is 7.13. The first kappa shape index (κ1) is 29.2. The number of hydrogen-bond donors (Lipinski definition) is 1. The Bertz CT molecular complexity index is 1810. The fourth-order valence-electron chi connectivity index (χ4n) is 5.04. The SMILES string of the molecule is CNC(=O)c1cc(-n2c(-n3nc(C)cc3C)nc3c(c2=O)CC(C)N(C(=O)c2ccc(Br)c(C(F)(F)F)c2)C3)nn1C. The van der Waals surface area contributed by atoms with Gasteiger partial charge in [-0.1, -0.05) is 15.9 Å². The second-order valence-corrected chi connectivity index (χ2v) is 10.9. The number of nitrogens with zero attached hydrogens (tertiary/aromatic N) is 7. The molecule has 5 rings (SSSR count). The lowest BCUT2D eigenvalue weighted by Gasteiger charge is -2.34. The zero-order chi connectivity index (χ0) is 30.7. The number of nitrogens with one attached hydrogen (secondary N) is 1. The molecule has 1 unspecified atom stereocenters. The van der Waals surface area contributed by atoms with Crippen LogP contribution in [0.15, 0.2) is 39.6 Å². The molecule has 1 atom stereocenters. The maximum atomic E-state index is 14.1. The van der Waals surface area contributed by atoms with Crippen molar-refractivity contribution in [1.82, 2.24) is 39.3 Å². The number of carbonyl (C=O) groups is 2. The van der Waals surface area contributed by atoms with Crippen LogP contribution in [-0.2, 0) is 26.2 Å². The zero-order valence-corrected chi connectivity index (χ0v) is 24.8. The van der Waals surface area contributed by atoms with Gasteiger partial charge >= 0.3 is 6.18 Å². The quantitative estimate of drug-likeness (QED) is 0.362. The molecule has 3 aromatic heterocycles. The van der Waals surface area contributed by atoms with E-state index in [1.165, 1.54) is 44.1 Å². The summed E-state index contributed by atoms with van der Waals surface area (Å²) < 4.78 is 44.5. The minimum atomic E-state index is -4.65. The largest absolute Gasteiger partial charge is 0.417 e. The fourth-order valence-corrected chi connectivity index (χ4v) is 5.51. The number of hydrogen-bond acceptors (Lipinski definition) is 6. The summed E-state index contributed by atoms with van der Waals surface area (Å²) in [4.78, 5) is 46.1. The summed E-state index contributed by atoms with van der Waals surface area (Å²) in [6.07, 6.45) is -4.55. The van der Waals surface area contributed by atoms with Gasteiger partial charge in [-0.3, -0.25) is 19.1 Å². The first-order valence-electron chi connectivity index (χ1n) is 12.8. The minimum absolute atomic E-state index is 0.0934. The van der Waals surface area contributed by atoms with E-state index >= 15 is 0 Å². The highest BCUT2D eigenvalue weighted by atomic mass is 79.9. The third-order valence-corrected chi connectivity index (χ3v) is 7.82. The molecule has 2 amide bonds. The van der Waals surface area contributed by atoms with E-state index in [9.17, 15) is 27.6 Å². The summed E-state index contributed by atoms with van der Waals surface area (Å²) >= 11 is 2.91. The van der Waals surface area contributed by atoms with E-state index in [1.807, 2.05) is 0 Å². The second kappa shape index (κ2) is 10.5. The Morgan fingerprint density at radius 2 is 1.83 bits per heavy atom. The van der Waals surface area contributed by atoms with Gasteiger partial charge in [-0.15, -0.1) is 0 Å². The third kappa shape index (κ3) is 5.01. The summed E-state index contributed by atoms with van der Waals surface area (Å²) in [7, 11) is 3.06. The van der Waals surface area contributed by atoms with E-state index in [1.54, 1.807) is 33.9 Å². The van der Waals surface area contributed by atoms with E-state index in [0.717, 1.165) is 6.07 Å². The van der Waals surface area contributed by atoms with Crippen LogP contribution in [0.1, 0.15) is 56.0 Å². The summed E-state index contributed by atoms with van der Waals surface area (Å²) in [6.45, 7) is 5.17. The Morgan fingerprint density at radius 1 is 1.12 bits per heavy atom. The van der Waals surface area contributed by atoms with Gasteiger partial charge in [-0.05, 0) is 51.5 Å². The maximum absolute atomic E-state index is 14.1. The van der Waals surface area contributed by atoms with E-state index in [4.69, 9.17) is 4.98 Å². The molecule has 0 radical (unpaired) electrons. The van der Waals surface area contributed by atoms with Gasteiger partial charge in [0.05, 0.1) is 23.5 Å². The average Bonchev–Trinajstić information content (AvgIpc) is 3.47. The Kier molecular flexibility index (Phi) is 7.33. The molecule has 1 aliphatic rings. The molecule has 1 aromatic carbocycles. The van der Waals surface area contributed by atoms with Crippen LogP contribution in [0.3, 0.4) is 0 Å². The second-order valence-electron chi connectivity index (χ2n) is 10.1. The molecular weight excluding hydrogens is 621 g/mol. The highest BCUT2D eigenvalue weighted by molar-refractivity contribution is 9.10. The number of alkyl halides is 3. The van der Waals surface area contributed by atoms with Gasteiger partial charge in [-0.2, -0.15) is 23.4 Å². The summed E-state index contributed by atoms with van der Waals surface area (Å²) in [5.41, 5.74) is 0.624. The molecule has 0 saturated heterocycles. The highest BCUT2D eigenvalue weighted by Crippen LogP contribution is 2.36. The normalized spacial score (nSPS) is 15.1. The van der Waals surface area contributed by atoms with Gasteiger partial charge in [0.1, 0.15) is 5.69 Å². The summed E-state index contributed by atoms with van der Waals surface area (Å²) in [5.74, 6) is -0.771. The number of amides is 2. The average molecular weight is 647 g/mol. The van der Waals surface area contributed by atoms with Crippen LogP contribution in [-0.4, -0.2) is 58.9 Å². The molecule has 0 spiro atoms. The number of aryl methyl sites for hydroxylation is 3. The predicted molar refractivity (Wildman–Crippen MR) is 149 cm³/mol. The molecule has 42 heavy (non-hydrogen) atoms. The fraction of sp³-hybridized carbons (Fsp3) is 0.333. The van der Waals surface area contributed by atoms with Crippen LogP contribution in [0.4, 0.5) is 13.2 Å². The van der Waals surface area contributed by atoms with Crippen molar-refractivity contribution in [3.63, 3.8) is 0 Å². The monoisotopic (exact) mass is 646 g/mol. The van der Waals surface area contributed by atoms with Gasteiger partial charge in [0, 0.05) is 47.5 Å². The summed E-state index contributed by atoms with van der Waals surface area (Å²) in [6, 6.07) is 6.06. The van der Waals surface area contributed by atoms with Gasteiger partial charge in [0.15, 0.2) is 5.82 Å². The predicted octanol–water partition coefficient (Wildman–Crippen LogP) is 3.50. The van der Waals surface area contributed by atoms with Crippen LogP contribution in [0.25, 0.3) is 11.8 Å². The Morgan fingerprint density at radius 3 is 2.45 bits per heavy atom. The van der Waals surface area contributed by atoms with Crippen molar-refractivity contribution in [3.05, 3.63) is 84.6 Å². The molecule has 1 N–H and O–H groups in total. The molecular formula is C27H26BrF3N8O3. The summed E-state index contributed by atoms with van der Waals surface area (Å²) in [5, 5.41) is 11.4. The van der Waals surface area contributed by atoms with Gasteiger partial charge in [-0.25, -0.2) is 14.2 Å². The molecule has 220 valence electrons. The van der Waals surface area contributed by atoms with E-state index in [2.05, 4.69) is 31.4 Å². The first-order valence-corrected chi connectivity index (χ1v) is 13.6. The van der Waals surface area contributed by atoms with Crippen molar-refractivity contribution >= 4 is 27.7 Å². The number of benzene rings is 1. The molecule has 11 nitrogen and oxygen atoms in total. The number of fused-ring (bicyclic) bond motifs is 1. The van der Waals surface area contributed by atoms with Crippen molar-refractivity contribution in [3.8, 4) is 11.8 Å². The van der Waals surface area contributed by atoms with Crippen molar-refractivity contribution in [1.29, 1.82) is 0 Å². The molecule has 0 fully saturated rings. The van der Waals surface area contributed by atoms with E-state index in [0.29, 0.717) is 22.6 Å². The van der Waals surface area contributed by atoms with Crippen LogP contribution in [0, 0.1) is 13.8 Å². The molecule has 0 aliphatic carbocycles. The minimum Gasteiger partial charge on any atom is -0.354 e. The van der Waals surface area contributed by atoms with Crippen molar-refractivity contribution in [2.45, 2.75) is 46.0 Å². The number of rotatable bonds is 4. The lowest BCUT2D eigenvalue weighted by Crippen LogP contribution is -2.46. The topological polar surface area (TPSA) is 120 Å². The lowest BCUT2D eigenvalue weighted by atomic mass is 9.98. The van der Waals surface area contributed by atoms with Gasteiger partial charge in [0.2, 0.25) is 5.95 Å². The van der Waals surface area contributed by atoms with E-state index < -0.39 is 35.2 Å². The molecule has 4 heterocycles. The zero-order valence-electron chi connectivity index (χ0n) is 23.2.